The molecule has 1 aromatic carbocycles. The molecule has 1 aliphatic heterocycles. The normalized spacial score (nSPS) is 19.0. The predicted molar refractivity (Wildman–Crippen MR) is 76.4 cm³/mol. The van der Waals surface area contributed by atoms with E-state index in [-0.39, 0.29) is 11.6 Å². The van der Waals surface area contributed by atoms with E-state index in [9.17, 15) is 14.3 Å². The first-order valence-corrected chi connectivity index (χ1v) is 7.11. The third-order valence-electron chi connectivity index (χ3n) is 4.08. The fourth-order valence-corrected chi connectivity index (χ4v) is 2.43. The first-order chi connectivity index (χ1) is 9.37. The minimum absolute atomic E-state index is 0.0266. The summed E-state index contributed by atoms with van der Waals surface area (Å²) in [6, 6.07) is 4.64. The molecule has 2 rings (SSSR count). The van der Waals surface area contributed by atoms with Crippen LogP contribution in [-0.2, 0) is 0 Å². The van der Waals surface area contributed by atoms with Crippen molar-refractivity contribution in [3.05, 3.63) is 35.1 Å². The summed E-state index contributed by atoms with van der Waals surface area (Å²) in [6.07, 6.45) is 1.87. The maximum atomic E-state index is 13.4. The van der Waals surface area contributed by atoms with Gasteiger partial charge >= 0.3 is 0 Å². The Morgan fingerprint density at radius 3 is 2.65 bits per heavy atom. The highest BCUT2D eigenvalue weighted by atomic mass is 19.1. The lowest BCUT2D eigenvalue weighted by molar-refractivity contribution is -0.00506. The van der Waals surface area contributed by atoms with E-state index in [0.717, 1.165) is 25.9 Å². The summed E-state index contributed by atoms with van der Waals surface area (Å²) in [7, 11) is 0. The second-order valence-electron chi connectivity index (χ2n) is 5.98. The van der Waals surface area contributed by atoms with Crippen molar-refractivity contribution >= 4 is 5.78 Å². The van der Waals surface area contributed by atoms with Crippen LogP contribution in [0.1, 0.15) is 42.1 Å². The third kappa shape index (κ3) is 3.87. The highest BCUT2D eigenvalue weighted by Gasteiger charge is 2.27. The Balaban J connectivity index is 1.85. The van der Waals surface area contributed by atoms with Gasteiger partial charge in [0.25, 0.3) is 0 Å². The topological polar surface area (TPSA) is 40.5 Å². The summed E-state index contributed by atoms with van der Waals surface area (Å²) in [6.45, 7) is 5.82. The highest BCUT2D eigenvalue weighted by molar-refractivity contribution is 5.96. The maximum absolute atomic E-state index is 13.4. The quantitative estimate of drug-likeness (QED) is 0.861. The summed E-state index contributed by atoms with van der Waals surface area (Å²) in [4.78, 5) is 14.2. The summed E-state index contributed by atoms with van der Waals surface area (Å²) < 4.78 is 13.4. The zero-order chi connectivity index (χ0) is 14.8. The van der Waals surface area contributed by atoms with Gasteiger partial charge < -0.3 is 10.0 Å². The SMILES string of the molecule is Cc1ccc(C(=O)CCN2CCC(C)(O)CC2)cc1F. The van der Waals surface area contributed by atoms with Crippen LogP contribution in [0.5, 0.6) is 0 Å². The zero-order valence-electron chi connectivity index (χ0n) is 12.2. The van der Waals surface area contributed by atoms with Crippen molar-refractivity contribution in [3.8, 4) is 0 Å². The molecule has 110 valence electrons. The minimum Gasteiger partial charge on any atom is -0.390 e. The Labute approximate surface area is 119 Å². The average molecular weight is 279 g/mol. The summed E-state index contributed by atoms with van der Waals surface area (Å²) in [5.74, 6) is -0.355. The van der Waals surface area contributed by atoms with Crippen LogP contribution in [0.3, 0.4) is 0 Å². The molecule has 0 bridgehead atoms. The molecule has 0 atom stereocenters. The monoisotopic (exact) mass is 279 g/mol. The molecule has 0 aromatic heterocycles. The maximum Gasteiger partial charge on any atom is 0.164 e. The number of halogens is 1. The van der Waals surface area contributed by atoms with E-state index in [1.807, 2.05) is 6.92 Å². The van der Waals surface area contributed by atoms with Gasteiger partial charge in [0, 0.05) is 31.6 Å². The van der Waals surface area contributed by atoms with Crippen molar-refractivity contribution < 1.29 is 14.3 Å². The fourth-order valence-electron chi connectivity index (χ4n) is 2.43. The number of hydrogen-bond acceptors (Lipinski definition) is 3. The summed E-state index contributed by atoms with van der Waals surface area (Å²) in [5, 5.41) is 9.87. The van der Waals surface area contributed by atoms with Crippen molar-refractivity contribution in [1.29, 1.82) is 0 Å². The number of benzene rings is 1. The van der Waals surface area contributed by atoms with Crippen molar-refractivity contribution in [2.75, 3.05) is 19.6 Å². The molecule has 1 heterocycles. The van der Waals surface area contributed by atoms with Gasteiger partial charge in [-0.2, -0.15) is 0 Å². The van der Waals surface area contributed by atoms with E-state index >= 15 is 0 Å². The molecule has 0 amide bonds. The zero-order valence-corrected chi connectivity index (χ0v) is 12.2. The number of carbonyl (C=O) groups excluding carboxylic acids is 1. The first kappa shape index (κ1) is 15.1. The van der Waals surface area contributed by atoms with Crippen LogP contribution >= 0.6 is 0 Å². The highest BCUT2D eigenvalue weighted by Crippen LogP contribution is 2.21. The van der Waals surface area contributed by atoms with E-state index < -0.39 is 5.60 Å². The lowest BCUT2D eigenvalue weighted by Gasteiger charge is -2.35. The van der Waals surface area contributed by atoms with Gasteiger partial charge in [0.1, 0.15) is 5.82 Å². The number of carbonyl (C=O) groups is 1. The van der Waals surface area contributed by atoms with Crippen LogP contribution in [0.4, 0.5) is 4.39 Å². The average Bonchev–Trinajstić information content (AvgIpc) is 2.40. The molecule has 0 radical (unpaired) electrons. The van der Waals surface area contributed by atoms with Gasteiger partial charge in [-0.3, -0.25) is 4.79 Å². The molecule has 0 aliphatic carbocycles. The Kier molecular flexibility index (Phi) is 4.55. The molecule has 20 heavy (non-hydrogen) atoms. The number of ketones is 1. The van der Waals surface area contributed by atoms with Gasteiger partial charge in [0.15, 0.2) is 5.78 Å². The van der Waals surface area contributed by atoms with Gasteiger partial charge in [-0.25, -0.2) is 4.39 Å². The second kappa shape index (κ2) is 6.02. The molecule has 1 fully saturated rings. The van der Waals surface area contributed by atoms with E-state index in [2.05, 4.69) is 4.90 Å². The Hall–Kier alpha value is -1.26. The molecule has 0 spiro atoms. The van der Waals surface area contributed by atoms with Gasteiger partial charge in [-0.05, 0) is 38.3 Å². The van der Waals surface area contributed by atoms with Crippen LogP contribution in [0.25, 0.3) is 0 Å². The Bertz CT molecular complexity index is 489. The summed E-state index contributed by atoms with van der Waals surface area (Å²) >= 11 is 0. The van der Waals surface area contributed by atoms with Crippen LogP contribution in [0, 0.1) is 12.7 Å². The van der Waals surface area contributed by atoms with Crippen molar-refractivity contribution in [2.24, 2.45) is 0 Å². The largest absolute Gasteiger partial charge is 0.390 e. The van der Waals surface area contributed by atoms with Crippen LogP contribution in [0.2, 0.25) is 0 Å². The number of aliphatic hydroxyl groups is 1. The molecular formula is C16H22FNO2. The van der Waals surface area contributed by atoms with Crippen LogP contribution < -0.4 is 0 Å². The van der Waals surface area contributed by atoms with E-state index in [1.165, 1.54) is 6.07 Å². The van der Waals surface area contributed by atoms with Crippen molar-refractivity contribution in [3.63, 3.8) is 0 Å². The molecule has 0 unspecified atom stereocenters. The first-order valence-electron chi connectivity index (χ1n) is 7.11. The number of rotatable bonds is 4. The Morgan fingerprint density at radius 2 is 2.05 bits per heavy atom. The lowest BCUT2D eigenvalue weighted by Crippen LogP contribution is -2.43. The van der Waals surface area contributed by atoms with Crippen LogP contribution in [0.15, 0.2) is 18.2 Å². The van der Waals surface area contributed by atoms with Gasteiger partial charge in [0.2, 0.25) is 0 Å². The molecule has 0 saturated carbocycles. The molecular weight excluding hydrogens is 257 g/mol. The number of likely N-dealkylation sites (tertiary alicyclic amines) is 1. The third-order valence-corrected chi connectivity index (χ3v) is 4.08. The smallest absolute Gasteiger partial charge is 0.164 e. The molecule has 1 saturated heterocycles. The number of Topliss-reactive ketones (excluding diaryl/α,β-unsaturated/α-hetero) is 1. The standard InChI is InChI=1S/C16H22FNO2/c1-12-3-4-13(11-14(12)17)15(19)5-8-18-9-6-16(2,20)7-10-18/h3-4,11,20H,5-10H2,1-2H3. The van der Waals surface area contributed by atoms with Crippen LogP contribution in [-0.4, -0.2) is 41.0 Å². The van der Waals surface area contributed by atoms with E-state index in [1.54, 1.807) is 19.1 Å². The number of piperidine rings is 1. The van der Waals surface area contributed by atoms with Gasteiger partial charge in [-0.15, -0.1) is 0 Å². The van der Waals surface area contributed by atoms with E-state index in [0.29, 0.717) is 24.1 Å². The predicted octanol–water partition coefficient (Wildman–Crippen LogP) is 2.55. The van der Waals surface area contributed by atoms with E-state index in [4.69, 9.17) is 0 Å². The van der Waals surface area contributed by atoms with Crippen molar-refractivity contribution in [1.82, 2.24) is 4.90 Å². The molecule has 1 N–H and O–H groups in total. The fraction of sp³-hybridized carbons (Fsp3) is 0.562. The van der Waals surface area contributed by atoms with Gasteiger partial charge in [0.05, 0.1) is 5.60 Å². The number of nitrogens with zero attached hydrogens (tertiary/aromatic N) is 1. The number of aryl methyl sites for hydroxylation is 1. The van der Waals surface area contributed by atoms with Crippen molar-refractivity contribution in [2.45, 2.75) is 38.7 Å². The molecule has 1 aromatic rings. The lowest BCUT2D eigenvalue weighted by atomic mass is 9.93. The second-order valence-corrected chi connectivity index (χ2v) is 5.98. The Morgan fingerprint density at radius 1 is 1.40 bits per heavy atom. The molecule has 4 heteroatoms. The molecule has 3 nitrogen and oxygen atoms in total. The summed E-state index contributed by atoms with van der Waals surface area (Å²) in [5.41, 5.74) is 0.428. The molecule has 1 aliphatic rings. The minimum atomic E-state index is -0.569. The number of hydrogen-bond donors (Lipinski definition) is 1. The van der Waals surface area contributed by atoms with Gasteiger partial charge in [-0.1, -0.05) is 12.1 Å².